The SMILES string of the molecule is Cc1ccc(Oc2ccc(C)nn2)c(N)c1. The molecule has 0 saturated heterocycles. The number of nitrogen functional groups attached to an aromatic ring is 1. The second kappa shape index (κ2) is 4.18. The van der Waals surface area contributed by atoms with Gasteiger partial charge in [0.2, 0.25) is 5.88 Å². The number of nitrogens with two attached hydrogens (primary N) is 1. The van der Waals surface area contributed by atoms with Gasteiger partial charge in [0.25, 0.3) is 0 Å². The van der Waals surface area contributed by atoms with Crippen LogP contribution in [-0.4, -0.2) is 10.2 Å². The van der Waals surface area contributed by atoms with E-state index in [4.69, 9.17) is 10.5 Å². The summed E-state index contributed by atoms with van der Waals surface area (Å²) in [5.74, 6) is 1.05. The Morgan fingerprint density at radius 1 is 1.06 bits per heavy atom. The van der Waals surface area contributed by atoms with Gasteiger partial charge in [-0.2, -0.15) is 5.10 Å². The monoisotopic (exact) mass is 215 g/mol. The van der Waals surface area contributed by atoms with E-state index in [2.05, 4.69) is 10.2 Å². The van der Waals surface area contributed by atoms with Crippen molar-refractivity contribution in [3.63, 3.8) is 0 Å². The highest BCUT2D eigenvalue weighted by Crippen LogP contribution is 2.26. The van der Waals surface area contributed by atoms with Crippen molar-refractivity contribution in [1.29, 1.82) is 0 Å². The second-order valence-electron chi connectivity index (χ2n) is 3.66. The number of hydrogen-bond donors (Lipinski definition) is 1. The molecule has 0 saturated carbocycles. The molecule has 0 aliphatic carbocycles. The van der Waals surface area contributed by atoms with Gasteiger partial charge in [-0.15, -0.1) is 5.10 Å². The lowest BCUT2D eigenvalue weighted by Gasteiger charge is -2.07. The third-order valence-electron chi connectivity index (χ3n) is 2.15. The zero-order valence-corrected chi connectivity index (χ0v) is 9.27. The normalized spacial score (nSPS) is 10.1. The van der Waals surface area contributed by atoms with Crippen molar-refractivity contribution < 1.29 is 4.74 Å². The summed E-state index contributed by atoms with van der Waals surface area (Å²) in [4.78, 5) is 0. The number of nitrogens with zero attached hydrogens (tertiary/aromatic N) is 2. The maximum atomic E-state index is 5.83. The van der Waals surface area contributed by atoms with Crippen molar-refractivity contribution in [3.8, 4) is 11.6 Å². The fourth-order valence-electron chi connectivity index (χ4n) is 1.31. The highest BCUT2D eigenvalue weighted by molar-refractivity contribution is 5.55. The van der Waals surface area contributed by atoms with Gasteiger partial charge in [-0.3, -0.25) is 0 Å². The molecule has 0 radical (unpaired) electrons. The number of ether oxygens (including phenoxy) is 1. The zero-order chi connectivity index (χ0) is 11.5. The Hall–Kier alpha value is -2.10. The van der Waals surface area contributed by atoms with E-state index < -0.39 is 0 Å². The van der Waals surface area contributed by atoms with Gasteiger partial charge in [0.15, 0.2) is 5.75 Å². The average molecular weight is 215 g/mol. The van der Waals surface area contributed by atoms with Crippen molar-refractivity contribution in [2.24, 2.45) is 0 Å². The summed E-state index contributed by atoms with van der Waals surface area (Å²) < 4.78 is 5.52. The van der Waals surface area contributed by atoms with Crippen molar-refractivity contribution in [1.82, 2.24) is 10.2 Å². The van der Waals surface area contributed by atoms with Crippen LogP contribution in [-0.2, 0) is 0 Å². The first-order valence-corrected chi connectivity index (χ1v) is 4.99. The molecule has 4 nitrogen and oxygen atoms in total. The van der Waals surface area contributed by atoms with Gasteiger partial charge in [-0.1, -0.05) is 6.07 Å². The summed E-state index contributed by atoms with van der Waals surface area (Å²) in [7, 11) is 0. The minimum atomic E-state index is 0.446. The Labute approximate surface area is 94.1 Å². The minimum Gasteiger partial charge on any atom is -0.435 e. The van der Waals surface area contributed by atoms with Gasteiger partial charge in [-0.25, -0.2) is 0 Å². The van der Waals surface area contributed by atoms with Gasteiger partial charge in [0, 0.05) is 6.07 Å². The third-order valence-corrected chi connectivity index (χ3v) is 2.15. The summed E-state index contributed by atoms with van der Waals surface area (Å²) in [6.45, 7) is 3.85. The molecule has 2 aromatic rings. The first-order chi connectivity index (χ1) is 7.65. The number of aromatic nitrogens is 2. The molecular formula is C12H13N3O. The summed E-state index contributed by atoms with van der Waals surface area (Å²) in [5, 5.41) is 7.82. The summed E-state index contributed by atoms with van der Waals surface area (Å²) in [6.07, 6.45) is 0. The number of anilines is 1. The number of rotatable bonds is 2. The first-order valence-electron chi connectivity index (χ1n) is 4.99. The summed E-state index contributed by atoms with van der Waals surface area (Å²) in [5.41, 5.74) is 8.37. The predicted octanol–water partition coefficient (Wildman–Crippen LogP) is 2.47. The number of aryl methyl sites for hydroxylation is 2. The molecule has 0 aliphatic rings. The molecular weight excluding hydrogens is 202 g/mol. The van der Waals surface area contributed by atoms with Gasteiger partial charge in [0.1, 0.15) is 0 Å². The van der Waals surface area contributed by atoms with E-state index in [0.717, 1.165) is 11.3 Å². The van der Waals surface area contributed by atoms with E-state index in [1.165, 1.54) is 0 Å². The first kappa shape index (κ1) is 10.4. The fourth-order valence-corrected chi connectivity index (χ4v) is 1.31. The quantitative estimate of drug-likeness (QED) is 0.782. The van der Waals surface area contributed by atoms with Crippen molar-refractivity contribution in [3.05, 3.63) is 41.6 Å². The summed E-state index contributed by atoms with van der Waals surface area (Å²) in [6, 6.07) is 9.23. The Balaban J connectivity index is 2.23. The lowest BCUT2D eigenvalue weighted by atomic mass is 10.2. The van der Waals surface area contributed by atoms with Crippen molar-refractivity contribution in [2.75, 3.05) is 5.73 Å². The highest BCUT2D eigenvalue weighted by Gasteiger charge is 2.03. The van der Waals surface area contributed by atoms with E-state index >= 15 is 0 Å². The number of hydrogen-bond acceptors (Lipinski definition) is 4. The molecule has 0 bridgehead atoms. The molecule has 1 aromatic carbocycles. The zero-order valence-electron chi connectivity index (χ0n) is 9.27. The van der Waals surface area contributed by atoms with Crippen LogP contribution in [0.2, 0.25) is 0 Å². The molecule has 2 N–H and O–H groups in total. The van der Waals surface area contributed by atoms with Gasteiger partial charge < -0.3 is 10.5 Å². The molecule has 2 rings (SSSR count). The average Bonchev–Trinajstić information content (AvgIpc) is 2.25. The van der Waals surface area contributed by atoms with Gasteiger partial charge in [-0.05, 0) is 37.6 Å². The molecule has 0 amide bonds. The maximum Gasteiger partial charge on any atom is 0.238 e. The molecule has 0 unspecified atom stereocenters. The van der Waals surface area contributed by atoms with Crippen LogP contribution < -0.4 is 10.5 Å². The maximum absolute atomic E-state index is 5.83. The van der Waals surface area contributed by atoms with Crippen LogP contribution in [0, 0.1) is 13.8 Å². The van der Waals surface area contributed by atoms with Crippen LogP contribution in [0.1, 0.15) is 11.3 Å². The van der Waals surface area contributed by atoms with Crippen LogP contribution in [0.25, 0.3) is 0 Å². The molecule has 1 aromatic heterocycles. The van der Waals surface area contributed by atoms with Crippen molar-refractivity contribution in [2.45, 2.75) is 13.8 Å². The van der Waals surface area contributed by atoms with Crippen LogP contribution >= 0.6 is 0 Å². The Kier molecular flexibility index (Phi) is 2.72. The molecule has 1 heterocycles. The molecule has 0 spiro atoms. The Morgan fingerprint density at radius 3 is 2.50 bits per heavy atom. The van der Waals surface area contributed by atoms with E-state index in [1.54, 1.807) is 6.07 Å². The summed E-state index contributed by atoms with van der Waals surface area (Å²) >= 11 is 0. The Bertz CT molecular complexity index is 494. The molecule has 0 aliphatic heterocycles. The number of benzene rings is 1. The largest absolute Gasteiger partial charge is 0.435 e. The Morgan fingerprint density at radius 2 is 1.88 bits per heavy atom. The van der Waals surface area contributed by atoms with E-state index in [1.807, 2.05) is 38.1 Å². The lowest BCUT2D eigenvalue weighted by Crippen LogP contribution is -1.95. The molecule has 16 heavy (non-hydrogen) atoms. The highest BCUT2D eigenvalue weighted by atomic mass is 16.5. The minimum absolute atomic E-state index is 0.446. The smallest absolute Gasteiger partial charge is 0.238 e. The van der Waals surface area contributed by atoms with Crippen LogP contribution in [0.15, 0.2) is 30.3 Å². The molecule has 4 heteroatoms. The van der Waals surface area contributed by atoms with Crippen LogP contribution in [0.4, 0.5) is 5.69 Å². The fraction of sp³-hybridized carbons (Fsp3) is 0.167. The van der Waals surface area contributed by atoms with Crippen LogP contribution in [0.3, 0.4) is 0 Å². The second-order valence-corrected chi connectivity index (χ2v) is 3.66. The molecule has 0 fully saturated rings. The van der Waals surface area contributed by atoms with Gasteiger partial charge >= 0.3 is 0 Å². The topological polar surface area (TPSA) is 61.0 Å². The van der Waals surface area contributed by atoms with Crippen molar-refractivity contribution >= 4 is 5.69 Å². The van der Waals surface area contributed by atoms with E-state index in [-0.39, 0.29) is 0 Å². The van der Waals surface area contributed by atoms with E-state index in [0.29, 0.717) is 17.3 Å². The molecule has 82 valence electrons. The standard InChI is InChI=1S/C12H13N3O/c1-8-3-5-11(10(13)7-8)16-12-6-4-9(2)14-15-12/h3-7H,13H2,1-2H3. The van der Waals surface area contributed by atoms with Crippen LogP contribution in [0.5, 0.6) is 11.6 Å². The third kappa shape index (κ3) is 2.28. The lowest BCUT2D eigenvalue weighted by molar-refractivity contribution is 0.456. The van der Waals surface area contributed by atoms with Gasteiger partial charge in [0.05, 0.1) is 11.4 Å². The van der Waals surface area contributed by atoms with E-state index in [9.17, 15) is 0 Å². The molecule has 0 atom stereocenters. The predicted molar refractivity (Wildman–Crippen MR) is 62.4 cm³/mol.